The molecule has 0 spiro atoms. The zero-order chi connectivity index (χ0) is 40.9. The molecule has 4 saturated heterocycles. The number of aromatic hydroxyl groups is 1. The van der Waals surface area contributed by atoms with Gasteiger partial charge in [0, 0.05) is 28.8 Å². The second kappa shape index (κ2) is 12.5. The third-order valence-electron chi connectivity index (χ3n) is 13.3. The van der Waals surface area contributed by atoms with Gasteiger partial charge in [0.25, 0.3) is 0 Å². The summed E-state index contributed by atoms with van der Waals surface area (Å²) >= 11 is 0. The third-order valence-corrected chi connectivity index (χ3v) is 13.3. The summed E-state index contributed by atoms with van der Waals surface area (Å²) in [6.45, 7) is 12.2. The maximum atomic E-state index is 15.2. The van der Waals surface area contributed by atoms with Crippen LogP contribution in [0.3, 0.4) is 0 Å². The zero-order valence-electron chi connectivity index (χ0n) is 33.7. The van der Waals surface area contributed by atoms with Crippen molar-refractivity contribution in [2.45, 2.75) is 133 Å². The highest BCUT2D eigenvalue weighted by molar-refractivity contribution is 6.33. The Bertz CT molecular complexity index is 2260. The number of ether oxygens (including phenoxy) is 4. The van der Waals surface area contributed by atoms with E-state index < -0.39 is 87.9 Å². The van der Waals surface area contributed by atoms with Crippen LogP contribution in [0.2, 0.25) is 0 Å². The number of carbonyl (C=O) groups excluding carboxylic acids is 2. The van der Waals surface area contributed by atoms with Crippen LogP contribution in [-0.2, 0) is 24.5 Å². The molecule has 0 bridgehead atoms. The summed E-state index contributed by atoms with van der Waals surface area (Å²) in [7, 11) is 7.18. The first-order chi connectivity index (χ1) is 25.9. The number of hydrogen-bond donors (Lipinski definition) is 4. The summed E-state index contributed by atoms with van der Waals surface area (Å²) in [5.41, 5.74) is -2.76. The first kappa shape index (κ1) is 39.3. The highest BCUT2D eigenvalue weighted by atomic mass is 16.7. The van der Waals surface area contributed by atoms with E-state index in [1.807, 2.05) is 32.8 Å². The minimum absolute atomic E-state index is 0.000477. The number of ketones is 2. The molecule has 5 heterocycles. The number of aliphatic hydroxyl groups excluding tert-OH is 2. The molecule has 302 valence electrons. The first-order valence-corrected chi connectivity index (χ1v) is 19.2. The first-order valence-electron chi connectivity index (χ1n) is 19.2. The monoisotopic (exact) mass is 776 g/mol. The van der Waals surface area contributed by atoms with E-state index >= 15 is 9.59 Å². The Morgan fingerprint density at radius 2 is 1.48 bits per heavy atom. The lowest BCUT2D eigenvalue weighted by Crippen LogP contribution is -2.65. The Labute approximate surface area is 324 Å². The summed E-state index contributed by atoms with van der Waals surface area (Å²) in [4.78, 5) is 47.7. The number of fused-ring (bicyclic) bond motifs is 4. The number of likely N-dealkylation sites (N-methyl/N-ethyl adjacent to an activating group) is 2. The van der Waals surface area contributed by atoms with E-state index in [9.17, 15) is 25.2 Å². The van der Waals surface area contributed by atoms with Gasteiger partial charge in [-0.2, -0.15) is 0 Å². The summed E-state index contributed by atoms with van der Waals surface area (Å²) in [6, 6.07) is 4.05. The van der Waals surface area contributed by atoms with Crippen molar-refractivity contribution in [2.75, 3.05) is 28.2 Å². The van der Waals surface area contributed by atoms with Gasteiger partial charge in [-0.05, 0) is 113 Å². The fourth-order valence-electron chi connectivity index (χ4n) is 9.46. The Balaban J connectivity index is 1.35. The lowest BCUT2D eigenvalue weighted by Gasteiger charge is -2.52. The van der Waals surface area contributed by atoms with E-state index in [0.29, 0.717) is 11.1 Å². The van der Waals surface area contributed by atoms with E-state index in [0.717, 1.165) is 0 Å². The van der Waals surface area contributed by atoms with Gasteiger partial charge in [-0.15, -0.1) is 0 Å². The van der Waals surface area contributed by atoms with Gasteiger partial charge >= 0.3 is 0 Å². The molecule has 7 unspecified atom stereocenters. The number of aryl methyl sites for hydroxylation is 1. The predicted octanol–water partition coefficient (Wildman–Crippen LogP) is 3.37. The Morgan fingerprint density at radius 1 is 0.821 bits per heavy atom. The lowest BCUT2D eigenvalue weighted by molar-refractivity contribution is -0.322. The molecular formula is C42H52N2O12. The average Bonchev–Trinajstić information content (AvgIpc) is 3.98. The van der Waals surface area contributed by atoms with Crippen LogP contribution < -0.4 is 5.43 Å². The smallest absolute Gasteiger partial charge is 0.202 e. The van der Waals surface area contributed by atoms with Crippen molar-refractivity contribution >= 4 is 22.5 Å². The van der Waals surface area contributed by atoms with Gasteiger partial charge in [0.05, 0.1) is 52.1 Å². The normalized spacial score (nSPS) is 37.6. The fraction of sp³-hybridized carbons (Fsp3) is 0.595. The molecule has 14 heteroatoms. The average molecular weight is 777 g/mol. The lowest BCUT2D eigenvalue weighted by atomic mass is 9.74. The molecular weight excluding hydrogens is 724 g/mol. The Kier molecular flexibility index (Phi) is 8.74. The van der Waals surface area contributed by atoms with Crippen molar-refractivity contribution in [3.63, 3.8) is 0 Å². The van der Waals surface area contributed by atoms with E-state index in [1.54, 1.807) is 52.8 Å². The second-order valence-electron chi connectivity index (χ2n) is 18.0. The molecule has 4 fully saturated rings. The highest BCUT2D eigenvalue weighted by Gasteiger charge is 2.70. The van der Waals surface area contributed by atoms with Gasteiger partial charge in [0.15, 0.2) is 22.6 Å². The van der Waals surface area contributed by atoms with Gasteiger partial charge in [0.2, 0.25) is 5.78 Å². The molecule has 0 radical (unpaired) electrons. The molecule has 56 heavy (non-hydrogen) atoms. The number of rotatable bonds is 6. The van der Waals surface area contributed by atoms with Crippen LogP contribution in [0.1, 0.15) is 121 Å². The Hall–Kier alpha value is -3.57. The minimum atomic E-state index is -2.08. The highest BCUT2D eigenvalue weighted by Crippen LogP contribution is 2.57. The number of benzene rings is 2. The number of hydrogen-bond acceptors (Lipinski definition) is 14. The largest absolute Gasteiger partial charge is 0.507 e. The topological polar surface area (TPSA) is 195 Å². The molecule has 2 aromatic carbocycles. The quantitative estimate of drug-likeness (QED) is 0.208. The van der Waals surface area contributed by atoms with Gasteiger partial charge in [-0.1, -0.05) is 0 Å². The summed E-state index contributed by atoms with van der Waals surface area (Å²) in [5, 5.41) is 46.2. The van der Waals surface area contributed by atoms with Crippen LogP contribution in [0.4, 0.5) is 0 Å². The van der Waals surface area contributed by atoms with Crippen molar-refractivity contribution in [3.8, 4) is 5.75 Å². The number of epoxide rings is 2. The molecule has 4 aliphatic heterocycles. The van der Waals surface area contributed by atoms with Crippen molar-refractivity contribution in [1.82, 2.24) is 9.80 Å². The molecule has 1 aromatic heterocycles. The third kappa shape index (κ3) is 5.59. The summed E-state index contributed by atoms with van der Waals surface area (Å²) in [5.74, 6) is -3.78. The molecule has 4 N–H and O–H groups in total. The number of nitrogens with zero attached hydrogens (tertiary/aromatic N) is 2. The molecule has 14 nitrogen and oxygen atoms in total. The SMILES string of the molecule is Cc1cc2c(c3oc(C4(C)OC4C4OC4(C)C)cc(=O)c13)C(=O)c1c(O)c(C3CC(C)(N(C)C)C(O)C(C)(O)O3)cc([C@H]3C[C@@H](N(C)C)[C@H](O)[C@@H](C)O3)c1C2=O. The maximum absolute atomic E-state index is 15.2. The van der Waals surface area contributed by atoms with Crippen LogP contribution in [0.15, 0.2) is 27.4 Å². The van der Waals surface area contributed by atoms with Crippen LogP contribution >= 0.6 is 0 Å². The fourth-order valence-corrected chi connectivity index (χ4v) is 9.46. The summed E-state index contributed by atoms with van der Waals surface area (Å²) < 4.78 is 30.9. The number of aliphatic hydroxyl groups is 3. The molecule has 1 aliphatic carbocycles. The number of phenols is 1. The van der Waals surface area contributed by atoms with Crippen LogP contribution in [0.5, 0.6) is 5.75 Å². The van der Waals surface area contributed by atoms with Gasteiger partial charge in [-0.3, -0.25) is 14.4 Å². The van der Waals surface area contributed by atoms with E-state index in [4.69, 9.17) is 23.4 Å². The van der Waals surface area contributed by atoms with E-state index in [-0.39, 0.29) is 63.5 Å². The van der Waals surface area contributed by atoms with Crippen LogP contribution in [0.25, 0.3) is 11.0 Å². The van der Waals surface area contributed by atoms with Crippen LogP contribution in [-0.4, -0.2) is 123 Å². The Morgan fingerprint density at radius 3 is 2.09 bits per heavy atom. The predicted molar refractivity (Wildman–Crippen MR) is 202 cm³/mol. The summed E-state index contributed by atoms with van der Waals surface area (Å²) in [6.07, 6.45) is -5.11. The molecule has 3 aromatic rings. The number of carbonyl (C=O) groups is 2. The molecule has 11 atom stereocenters. The molecule has 5 aliphatic rings. The molecule has 0 amide bonds. The second-order valence-corrected chi connectivity index (χ2v) is 18.0. The van der Waals surface area contributed by atoms with Crippen molar-refractivity contribution in [3.05, 3.63) is 73.1 Å². The zero-order valence-corrected chi connectivity index (χ0v) is 33.7. The van der Waals surface area contributed by atoms with Crippen molar-refractivity contribution in [2.24, 2.45) is 0 Å². The van der Waals surface area contributed by atoms with Crippen LogP contribution in [0, 0.1) is 6.92 Å². The standard InChI is InChI=1S/C42H52N2O12/c1-17-12-21-29(35-27(17)23(45)15-26(53-35)41(6)37(56-41)36-39(3,4)55-36)34(49)30-28(33(21)48)19(24-14-22(43(8)9)31(46)18(2)52-24)13-20(32(30)47)25-16-40(5,44(10)11)38(50)42(7,51)54-25/h12-13,15,18,22,24-25,31,36-38,46-47,50-51H,14,16H2,1-11H3/t18-,22-,24-,25?,31-,36?,37?,38?,40?,41?,42?/m1/s1. The van der Waals surface area contributed by atoms with E-state index in [2.05, 4.69) is 0 Å². The van der Waals surface area contributed by atoms with Gasteiger partial charge < -0.3 is 53.6 Å². The minimum Gasteiger partial charge on any atom is -0.507 e. The van der Waals surface area contributed by atoms with Crippen molar-refractivity contribution in [1.29, 1.82) is 0 Å². The maximum Gasteiger partial charge on any atom is 0.202 e. The molecule has 0 saturated carbocycles. The number of phenolic OH excluding ortho intramolecular Hbond substituents is 1. The van der Waals surface area contributed by atoms with Crippen molar-refractivity contribution < 1.29 is 53.4 Å². The van der Waals surface area contributed by atoms with Gasteiger partial charge in [0.1, 0.15) is 35.4 Å². The molecule has 8 rings (SSSR count). The van der Waals surface area contributed by atoms with Gasteiger partial charge in [-0.25, -0.2) is 0 Å². The van der Waals surface area contributed by atoms with E-state index in [1.165, 1.54) is 19.1 Å².